The Morgan fingerprint density at radius 2 is 1.93 bits per heavy atom. The fourth-order valence-electron chi connectivity index (χ4n) is 4.14. The number of hydrogen-bond donors (Lipinski definition) is 1. The van der Waals surface area contributed by atoms with Crippen molar-refractivity contribution in [2.45, 2.75) is 39.2 Å². The summed E-state index contributed by atoms with van der Waals surface area (Å²) in [7, 11) is 0. The van der Waals surface area contributed by atoms with Crippen LogP contribution in [-0.2, 0) is 0 Å². The summed E-state index contributed by atoms with van der Waals surface area (Å²) in [5.41, 5.74) is 1.74. The van der Waals surface area contributed by atoms with Crippen LogP contribution in [0.1, 0.15) is 37.3 Å². The molecule has 0 spiro atoms. The largest absolute Gasteiger partial charge is 0.364 e. The van der Waals surface area contributed by atoms with E-state index in [1.165, 1.54) is 6.07 Å². The molecule has 1 N–H and O–H groups in total. The van der Waals surface area contributed by atoms with E-state index in [0.29, 0.717) is 17.3 Å². The lowest BCUT2D eigenvalue weighted by atomic mass is 9.98. The molecule has 152 valence electrons. The Labute approximate surface area is 169 Å². The first-order chi connectivity index (χ1) is 14.1. The summed E-state index contributed by atoms with van der Waals surface area (Å²) in [5, 5.41) is 14.1. The first-order valence-corrected chi connectivity index (χ1v) is 10.2. The number of nitrogens with zero attached hydrogens (tertiary/aromatic N) is 3. The van der Waals surface area contributed by atoms with Gasteiger partial charge in [-0.25, -0.2) is 8.78 Å². The number of likely N-dealkylation sites (N-methyl/N-ethyl adjacent to an activating group) is 1. The van der Waals surface area contributed by atoms with Crippen molar-refractivity contribution in [3.8, 4) is 11.3 Å². The molecule has 1 aliphatic rings. The van der Waals surface area contributed by atoms with Crippen LogP contribution in [0.15, 0.2) is 42.5 Å². The van der Waals surface area contributed by atoms with E-state index in [9.17, 15) is 8.78 Å². The van der Waals surface area contributed by atoms with Crippen molar-refractivity contribution in [3.63, 3.8) is 0 Å². The van der Waals surface area contributed by atoms with Gasteiger partial charge in [0.2, 0.25) is 0 Å². The summed E-state index contributed by atoms with van der Waals surface area (Å²) in [6, 6.07) is 13.2. The monoisotopic (exact) mass is 396 g/mol. The lowest BCUT2D eigenvalue weighted by Crippen LogP contribution is -2.42. The fraction of sp³-hybridized carbons (Fsp3) is 0.391. The zero-order valence-corrected chi connectivity index (χ0v) is 16.8. The topological polar surface area (TPSA) is 41.0 Å². The van der Waals surface area contributed by atoms with Crippen molar-refractivity contribution in [2.24, 2.45) is 0 Å². The molecule has 1 unspecified atom stereocenters. The molecule has 1 atom stereocenters. The summed E-state index contributed by atoms with van der Waals surface area (Å²) >= 11 is 0. The van der Waals surface area contributed by atoms with Crippen molar-refractivity contribution in [1.29, 1.82) is 0 Å². The number of likely N-dealkylation sites (tertiary alicyclic amines) is 1. The van der Waals surface area contributed by atoms with Crippen LogP contribution in [0, 0.1) is 6.92 Å². The fourth-order valence-corrected chi connectivity index (χ4v) is 4.14. The molecule has 29 heavy (non-hydrogen) atoms. The first kappa shape index (κ1) is 19.7. The molecule has 1 aromatic heterocycles. The minimum absolute atomic E-state index is 0.00368. The van der Waals surface area contributed by atoms with Gasteiger partial charge in [-0.1, -0.05) is 48.9 Å². The van der Waals surface area contributed by atoms with Crippen LogP contribution < -0.4 is 5.32 Å². The van der Waals surface area contributed by atoms with E-state index in [-0.39, 0.29) is 5.56 Å². The van der Waals surface area contributed by atoms with Crippen LogP contribution in [-0.4, -0.2) is 40.8 Å². The highest BCUT2D eigenvalue weighted by Crippen LogP contribution is 2.36. The van der Waals surface area contributed by atoms with Crippen molar-refractivity contribution < 1.29 is 8.78 Å². The molecule has 1 fully saturated rings. The number of aryl methyl sites for hydroxylation is 1. The van der Waals surface area contributed by atoms with Gasteiger partial charge >= 0.3 is 0 Å². The molecule has 0 radical (unpaired) electrons. The maximum atomic E-state index is 13.7. The third-order valence-electron chi connectivity index (χ3n) is 5.68. The van der Waals surface area contributed by atoms with E-state index in [1.54, 1.807) is 6.07 Å². The molecule has 1 aliphatic heterocycles. The molecule has 4 rings (SSSR count). The zero-order chi connectivity index (χ0) is 20.4. The third kappa shape index (κ3) is 4.08. The van der Waals surface area contributed by atoms with Crippen molar-refractivity contribution in [2.75, 3.05) is 25.0 Å². The van der Waals surface area contributed by atoms with E-state index < -0.39 is 6.43 Å². The Hall–Kier alpha value is -2.60. The summed E-state index contributed by atoms with van der Waals surface area (Å²) in [6.45, 7) is 7.13. The number of alkyl halides is 2. The molecule has 1 saturated heterocycles. The van der Waals surface area contributed by atoms with Gasteiger partial charge in [-0.15, -0.1) is 10.2 Å². The molecule has 0 saturated carbocycles. The first-order valence-electron chi connectivity index (χ1n) is 10.2. The van der Waals surface area contributed by atoms with Crippen LogP contribution in [0.4, 0.5) is 14.6 Å². The Morgan fingerprint density at radius 1 is 1.14 bits per heavy atom. The molecular formula is C23H26F2N4. The Balaban J connectivity index is 1.75. The molecule has 0 aliphatic carbocycles. The number of fused-ring (bicyclic) bond motifs is 1. The number of halogens is 2. The number of benzene rings is 2. The van der Waals surface area contributed by atoms with E-state index in [4.69, 9.17) is 0 Å². The lowest BCUT2D eigenvalue weighted by Gasteiger charge is -2.32. The zero-order valence-electron chi connectivity index (χ0n) is 16.8. The van der Waals surface area contributed by atoms with Gasteiger partial charge in [0.25, 0.3) is 6.43 Å². The Morgan fingerprint density at radius 3 is 2.69 bits per heavy atom. The highest BCUT2D eigenvalue weighted by atomic mass is 19.3. The van der Waals surface area contributed by atoms with Crippen LogP contribution in [0.25, 0.3) is 22.0 Å². The Kier molecular flexibility index (Phi) is 5.72. The number of rotatable bonds is 5. The summed E-state index contributed by atoms with van der Waals surface area (Å²) in [4.78, 5) is 2.42. The summed E-state index contributed by atoms with van der Waals surface area (Å²) in [5.74, 6) is 0.720. The molecule has 3 aromatic rings. The highest BCUT2D eigenvalue weighted by Gasteiger charge is 2.22. The van der Waals surface area contributed by atoms with Crippen LogP contribution in [0.3, 0.4) is 0 Å². The van der Waals surface area contributed by atoms with Gasteiger partial charge in [0.05, 0.1) is 0 Å². The number of piperidine rings is 1. The minimum Gasteiger partial charge on any atom is -0.364 e. The summed E-state index contributed by atoms with van der Waals surface area (Å²) < 4.78 is 27.4. The molecule has 0 amide bonds. The Bertz CT molecular complexity index is 1010. The number of aromatic nitrogens is 2. The van der Waals surface area contributed by atoms with Gasteiger partial charge < -0.3 is 10.2 Å². The number of hydrogen-bond acceptors (Lipinski definition) is 4. The van der Waals surface area contributed by atoms with Gasteiger partial charge in [0.1, 0.15) is 5.69 Å². The van der Waals surface area contributed by atoms with E-state index in [2.05, 4.69) is 27.3 Å². The van der Waals surface area contributed by atoms with Crippen LogP contribution in [0.2, 0.25) is 0 Å². The van der Waals surface area contributed by atoms with Crippen molar-refractivity contribution in [3.05, 3.63) is 53.6 Å². The van der Waals surface area contributed by atoms with Gasteiger partial charge in [-0.2, -0.15) is 0 Å². The molecule has 2 heterocycles. The van der Waals surface area contributed by atoms with Gasteiger partial charge in [-0.3, -0.25) is 0 Å². The average Bonchev–Trinajstić information content (AvgIpc) is 2.74. The lowest BCUT2D eigenvalue weighted by molar-refractivity contribution is 0.152. The quantitative estimate of drug-likeness (QED) is 0.624. The second-order valence-corrected chi connectivity index (χ2v) is 7.71. The van der Waals surface area contributed by atoms with Crippen molar-refractivity contribution >= 4 is 16.6 Å². The second-order valence-electron chi connectivity index (χ2n) is 7.71. The maximum absolute atomic E-state index is 13.7. The number of nitrogens with one attached hydrogen (secondary N) is 1. The molecule has 0 bridgehead atoms. The molecule has 2 aromatic carbocycles. The number of anilines is 1. The standard InChI is InChI=1S/C23H26F2N4/c1-3-29-12-6-7-16(14-29)26-23-19-9-5-4-8-17(19)21(27-28-23)18-11-10-15(2)13-20(18)22(24)25/h4-5,8-11,13,16,22H,3,6-7,12,14H2,1-2H3,(H,26,28). The molecule has 6 heteroatoms. The maximum Gasteiger partial charge on any atom is 0.264 e. The van der Waals surface area contributed by atoms with E-state index in [0.717, 1.165) is 54.6 Å². The van der Waals surface area contributed by atoms with Crippen molar-refractivity contribution in [1.82, 2.24) is 15.1 Å². The minimum atomic E-state index is -2.56. The average molecular weight is 396 g/mol. The van der Waals surface area contributed by atoms with Crippen LogP contribution in [0.5, 0.6) is 0 Å². The smallest absolute Gasteiger partial charge is 0.264 e. The van der Waals surface area contributed by atoms with E-state index >= 15 is 0 Å². The normalized spacial score (nSPS) is 17.8. The van der Waals surface area contributed by atoms with E-state index in [1.807, 2.05) is 37.3 Å². The van der Waals surface area contributed by atoms with Gasteiger partial charge in [0, 0.05) is 34.5 Å². The summed E-state index contributed by atoms with van der Waals surface area (Å²) in [6.07, 6.45) is -0.330. The third-order valence-corrected chi connectivity index (χ3v) is 5.68. The predicted molar refractivity (Wildman–Crippen MR) is 113 cm³/mol. The van der Waals surface area contributed by atoms with Crippen LogP contribution >= 0.6 is 0 Å². The highest BCUT2D eigenvalue weighted by molar-refractivity contribution is 6.00. The second kappa shape index (κ2) is 8.41. The predicted octanol–water partition coefficient (Wildman–Crippen LogP) is 5.44. The molecular weight excluding hydrogens is 370 g/mol. The van der Waals surface area contributed by atoms with Gasteiger partial charge in [0.15, 0.2) is 5.82 Å². The SMILES string of the molecule is CCN1CCCC(Nc2nnc(-c3ccc(C)cc3C(F)F)c3ccccc23)C1. The van der Waals surface area contributed by atoms with Gasteiger partial charge in [-0.05, 0) is 38.9 Å². The molecule has 4 nitrogen and oxygen atoms in total.